The highest BCUT2D eigenvalue weighted by Gasteiger charge is 2.17. The highest BCUT2D eigenvalue weighted by molar-refractivity contribution is 6.32. The van der Waals surface area contributed by atoms with Crippen molar-refractivity contribution in [1.82, 2.24) is 5.32 Å². The molecule has 0 spiro atoms. The van der Waals surface area contributed by atoms with E-state index in [1.165, 1.54) is 0 Å². The Bertz CT molecular complexity index is 409. The molecule has 1 N–H and O–H groups in total. The average molecular weight is 272 g/mol. The first-order valence-corrected chi connectivity index (χ1v) is 6.22. The predicted molar refractivity (Wildman–Crippen MR) is 70.9 cm³/mol. The van der Waals surface area contributed by atoms with Gasteiger partial charge in [-0.15, -0.1) is 0 Å². The molecule has 4 nitrogen and oxygen atoms in total. The van der Waals surface area contributed by atoms with Crippen LogP contribution in [0.3, 0.4) is 0 Å². The van der Waals surface area contributed by atoms with Crippen molar-refractivity contribution in [1.29, 1.82) is 0 Å². The molecule has 0 aromatic heterocycles. The minimum absolute atomic E-state index is 0.335. The summed E-state index contributed by atoms with van der Waals surface area (Å²) in [5.41, 5.74) is 1.05. The molecule has 1 atom stereocenters. The van der Waals surface area contributed by atoms with Crippen molar-refractivity contribution < 1.29 is 14.3 Å². The van der Waals surface area contributed by atoms with Gasteiger partial charge in [-0.3, -0.25) is 0 Å². The monoisotopic (exact) mass is 271 g/mol. The van der Waals surface area contributed by atoms with Crippen LogP contribution in [0.1, 0.15) is 19.4 Å². The largest absolute Gasteiger partial charge is 0.477 e. The van der Waals surface area contributed by atoms with Gasteiger partial charge in [-0.05, 0) is 38.6 Å². The minimum atomic E-state index is -0.669. The first kappa shape index (κ1) is 14.8. The van der Waals surface area contributed by atoms with Gasteiger partial charge in [0.05, 0.1) is 11.6 Å². The van der Waals surface area contributed by atoms with E-state index in [2.05, 4.69) is 5.32 Å². The van der Waals surface area contributed by atoms with Crippen LogP contribution in [0.25, 0.3) is 0 Å². The number of benzene rings is 1. The molecule has 0 aliphatic heterocycles. The van der Waals surface area contributed by atoms with Crippen molar-refractivity contribution >= 4 is 17.6 Å². The first-order valence-electron chi connectivity index (χ1n) is 5.84. The first-order chi connectivity index (χ1) is 8.58. The second kappa shape index (κ2) is 7.24. The Morgan fingerprint density at radius 1 is 1.50 bits per heavy atom. The van der Waals surface area contributed by atoms with E-state index >= 15 is 0 Å². The average Bonchev–Trinajstić information content (AvgIpc) is 2.33. The molecule has 0 fully saturated rings. The van der Waals surface area contributed by atoms with Gasteiger partial charge in [0, 0.05) is 6.54 Å². The number of carbonyl (C=O) groups excluding carboxylic acids is 1. The summed E-state index contributed by atoms with van der Waals surface area (Å²) < 4.78 is 10.3. The molecular weight excluding hydrogens is 254 g/mol. The van der Waals surface area contributed by atoms with Crippen LogP contribution >= 0.6 is 11.6 Å². The van der Waals surface area contributed by atoms with Gasteiger partial charge >= 0.3 is 5.97 Å². The summed E-state index contributed by atoms with van der Waals surface area (Å²) in [6.07, 6.45) is -0.669. The normalized spacial score (nSPS) is 12.0. The second-order valence-electron chi connectivity index (χ2n) is 3.81. The van der Waals surface area contributed by atoms with Crippen LogP contribution in [0.2, 0.25) is 5.02 Å². The summed E-state index contributed by atoms with van der Waals surface area (Å²) in [5.74, 6) is 0.0879. The smallest absolute Gasteiger partial charge is 0.347 e. The number of rotatable bonds is 6. The number of esters is 1. The van der Waals surface area contributed by atoms with Crippen molar-refractivity contribution in [3.05, 3.63) is 28.8 Å². The topological polar surface area (TPSA) is 47.6 Å². The van der Waals surface area contributed by atoms with E-state index in [4.69, 9.17) is 21.1 Å². The van der Waals surface area contributed by atoms with Gasteiger partial charge in [0.25, 0.3) is 0 Å². The highest BCUT2D eigenvalue weighted by atomic mass is 35.5. The third-order valence-corrected chi connectivity index (χ3v) is 2.59. The van der Waals surface area contributed by atoms with Gasteiger partial charge in [-0.25, -0.2) is 4.79 Å². The van der Waals surface area contributed by atoms with Crippen molar-refractivity contribution in [2.24, 2.45) is 0 Å². The Labute approximate surface area is 112 Å². The van der Waals surface area contributed by atoms with E-state index in [1.807, 2.05) is 19.2 Å². The van der Waals surface area contributed by atoms with Crippen LogP contribution in [0.5, 0.6) is 5.75 Å². The minimum Gasteiger partial charge on any atom is -0.477 e. The molecule has 0 saturated carbocycles. The maximum absolute atomic E-state index is 11.4. The summed E-state index contributed by atoms with van der Waals surface area (Å²) in [6.45, 7) is 4.45. The molecule has 5 heteroatoms. The maximum atomic E-state index is 11.4. The number of nitrogens with one attached hydrogen (secondary N) is 1. The molecule has 0 saturated heterocycles. The Hall–Kier alpha value is -1.26. The van der Waals surface area contributed by atoms with Crippen molar-refractivity contribution in [3.63, 3.8) is 0 Å². The molecule has 0 bridgehead atoms. The molecule has 0 aliphatic rings. The zero-order valence-corrected chi connectivity index (χ0v) is 11.6. The van der Waals surface area contributed by atoms with Crippen molar-refractivity contribution in [3.8, 4) is 5.75 Å². The van der Waals surface area contributed by atoms with E-state index in [0.717, 1.165) is 12.1 Å². The lowest BCUT2D eigenvalue weighted by atomic mass is 10.2. The Morgan fingerprint density at radius 3 is 2.78 bits per heavy atom. The summed E-state index contributed by atoms with van der Waals surface area (Å²) >= 11 is 6.09. The van der Waals surface area contributed by atoms with Gasteiger partial charge in [-0.1, -0.05) is 17.7 Å². The van der Waals surface area contributed by atoms with Crippen molar-refractivity contribution in [2.45, 2.75) is 26.5 Å². The van der Waals surface area contributed by atoms with E-state index in [9.17, 15) is 4.79 Å². The molecule has 1 unspecified atom stereocenters. The van der Waals surface area contributed by atoms with E-state index in [-0.39, 0.29) is 0 Å². The van der Waals surface area contributed by atoms with Crippen LogP contribution in [-0.2, 0) is 16.1 Å². The Kier molecular flexibility index (Phi) is 5.95. The summed E-state index contributed by atoms with van der Waals surface area (Å²) in [4.78, 5) is 11.4. The third kappa shape index (κ3) is 4.20. The number of carbonyl (C=O) groups is 1. The quantitative estimate of drug-likeness (QED) is 0.807. The molecule has 0 amide bonds. The SMILES string of the molecule is CCOC(=O)C(C)Oc1ccc(CNC)cc1Cl. The molecule has 1 rings (SSSR count). The second-order valence-corrected chi connectivity index (χ2v) is 4.21. The molecule has 1 aromatic carbocycles. The fourth-order valence-electron chi connectivity index (χ4n) is 1.45. The Morgan fingerprint density at radius 2 is 2.22 bits per heavy atom. The lowest BCUT2D eigenvalue weighted by Crippen LogP contribution is -2.26. The Balaban J connectivity index is 2.70. The zero-order chi connectivity index (χ0) is 13.5. The number of hydrogen-bond donors (Lipinski definition) is 1. The number of hydrogen-bond acceptors (Lipinski definition) is 4. The van der Waals surface area contributed by atoms with Crippen LogP contribution in [0.15, 0.2) is 18.2 Å². The van der Waals surface area contributed by atoms with E-state index < -0.39 is 12.1 Å². The maximum Gasteiger partial charge on any atom is 0.347 e. The van der Waals surface area contributed by atoms with Gasteiger partial charge in [0.2, 0.25) is 0 Å². The standard InChI is InChI=1S/C13H18ClNO3/c1-4-17-13(16)9(2)18-12-6-5-10(8-15-3)7-11(12)14/h5-7,9,15H,4,8H2,1-3H3. The molecule has 1 aromatic rings. The predicted octanol–water partition coefficient (Wildman–Crippen LogP) is 2.39. The van der Waals surface area contributed by atoms with Crippen LogP contribution < -0.4 is 10.1 Å². The number of ether oxygens (including phenoxy) is 2. The fourth-order valence-corrected chi connectivity index (χ4v) is 1.70. The van der Waals surface area contributed by atoms with Crippen LogP contribution in [0, 0.1) is 0 Å². The van der Waals surface area contributed by atoms with Gasteiger partial charge in [0.1, 0.15) is 5.75 Å². The van der Waals surface area contributed by atoms with Gasteiger partial charge in [-0.2, -0.15) is 0 Å². The fraction of sp³-hybridized carbons (Fsp3) is 0.462. The van der Waals surface area contributed by atoms with Crippen LogP contribution in [-0.4, -0.2) is 25.7 Å². The summed E-state index contributed by atoms with van der Waals surface area (Å²) in [5, 5.41) is 3.52. The molecule has 0 radical (unpaired) electrons. The molecule has 0 aliphatic carbocycles. The van der Waals surface area contributed by atoms with E-state index in [0.29, 0.717) is 17.4 Å². The lowest BCUT2D eigenvalue weighted by Gasteiger charge is -2.15. The summed E-state index contributed by atoms with van der Waals surface area (Å²) in [7, 11) is 1.86. The lowest BCUT2D eigenvalue weighted by molar-refractivity contribution is -0.150. The van der Waals surface area contributed by atoms with Crippen molar-refractivity contribution in [2.75, 3.05) is 13.7 Å². The van der Waals surface area contributed by atoms with Gasteiger partial charge < -0.3 is 14.8 Å². The molecule has 18 heavy (non-hydrogen) atoms. The number of halogens is 1. The molecule has 0 heterocycles. The zero-order valence-electron chi connectivity index (χ0n) is 10.8. The van der Waals surface area contributed by atoms with E-state index in [1.54, 1.807) is 19.9 Å². The molecule has 100 valence electrons. The van der Waals surface area contributed by atoms with Crippen LogP contribution in [0.4, 0.5) is 0 Å². The molecular formula is C13H18ClNO3. The van der Waals surface area contributed by atoms with Gasteiger partial charge in [0.15, 0.2) is 6.10 Å². The summed E-state index contributed by atoms with van der Waals surface area (Å²) in [6, 6.07) is 5.46. The highest BCUT2D eigenvalue weighted by Crippen LogP contribution is 2.26. The third-order valence-electron chi connectivity index (χ3n) is 2.30.